The Morgan fingerprint density at radius 2 is 2.05 bits per heavy atom. The van der Waals surface area contributed by atoms with Gasteiger partial charge in [-0.15, -0.1) is 0 Å². The predicted octanol–water partition coefficient (Wildman–Crippen LogP) is 3.57. The van der Waals surface area contributed by atoms with Crippen LogP contribution < -0.4 is 10.1 Å². The van der Waals surface area contributed by atoms with Gasteiger partial charge in [-0.25, -0.2) is 0 Å². The van der Waals surface area contributed by atoms with Gasteiger partial charge in [0, 0.05) is 18.0 Å². The Kier molecular flexibility index (Phi) is 3.87. The summed E-state index contributed by atoms with van der Waals surface area (Å²) in [7, 11) is 0. The van der Waals surface area contributed by atoms with Crippen LogP contribution in [0.25, 0.3) is 0 Å². The molecule has 2 N–H and O–H groups in total. The Morgan fingerprint density at radius 1 is 1.18 bits per heavy atom. The average Bonchev–Trinajstić information content (AvgIpc) is 2.51. The van der Waals surface area contributed by atoms with Gasteiger partial charge in [0.25, 0.3) is 0 Å². The molecular weight excluding hydrogens is 274 g/mol. The zero-order valence-electron chi connectivity index (χ0n) is 13.3. The molecule has 0 aromatic heterocycles. The molecule has 3 atom stereocenters. The molecule has 2 fully saturated rings. The van der Waals surface area contributed by atoms with E-state index in [0.29, 0.717) is 12.0 Å². The van der Waals surface area contributed by atoms with E-state index in [0.717, 1.165) is 31.6 Å². The van der Waals surface area contributed by atoms with Crippen LogP contribution in [-0.2, 0) is 0 Å². The van der Waals surface area contributed by atoms with Crippen molar-refractivity contribution >= 4 is 0 Å². The fraction of sp³-hybridized carbons (Fsp3) is 0.684. The first-order valence-electron chi connectivity index (χ1n) is 8.93. The Hall–Kier alpha value is -1.06. The number of benzene rings is 1. The van der Waals surface area contributed by atoms with E-state index in [-0.39, 0.29) is 11.7 Å². The van der Waals surface area contributed by atoms with E-state index in [4.69, 9.17) is 4.74 Å². The summed E-state index contributed by atoms with van der Waals surface area (Å²) >= 11 is 0. The summed E-state index contributed by atoms with van der Waals surface area (Å²) in [6.45, 7) is 1.02. The van der Waals surface area contributed by atoms with Crippen molar-refractivity contribution in [2.24, 2.45) is 5.92 Å². The van der Waals surface area contributed by atoms with E-state index in [1.54, 1.807) is 0 Å². The number of ether oxygens (including phenoxy) is 1. The van der Waals surface area contributed by atoms with Crippen LogP contribution in [0.1, 0.15) is 63.0 Å². The highest BCUT2D eigenvalue weighted by Crippen LogP contribution is 2.48. The molecule has 3 nitrogen and oxygen atoms in total. The topological polar surface area (TPSA) is 41.5 Å². The van der Waals surface area contributed by atoms with Crippen LogP contribution in [0.5, 0.6) is 5.75 Å². The molecule has 4 rings (SSSR count). The standard InChI is InChI=1S/C19H27NO2/c21-15-6-3-5-14(11-15)13-20-17-12-19(9-4-10-19)22-18-8-2-1-7-16(17)18/h1-2,7-8,14-15,17,20-21H,3-6,9-13H2. The molecule has 3 aliphatic rings. The van der Waals surface area contributed by atoms with E-state index in [1.165, 1.54) is 37.7 Å². The molecule has 120 valence electrons. The van der Waals surface area contributed by atoms with E-state index < -0.39 is 0 Å². The summed E-state index contributed by atoms with van der Waals surface area (Å²) in [4.78, 5) is 0. The quantitative estimate of drug-likeness (QED) is 0.896. The summed E-state index contributed by atoms with van der Waals surface area (Å²) in [5.74, 6) is 1.70. The zero-order valence-corrected chi connectivity index (χ0v) is 13.3. The van der Waals surface area contributed by atoms with Gasteiger partial charge in [-0.1, -0.05) is 24.6 Å². The maximum absolute atomic E-state index is 9.86. The van der Waals surface area contributed by atoms with Gasteiger partial charge in [-0.2, -0.15) is 0 Å². The van der Waals surface area contributed by atoms with Gasteiger partial charge in [-0.3, -0.25) is 0 Å². The van der Waals surface area contributed by atoms with Gasteiger partial charge in [0.15, 0.2) is 0 Å². The van der Waals surface area contributed by atoms with Gasteiger partial charge in [-0.05, 0) is 57.1 Å². The average molecular weight is 301 g/mol. The number of hydrogen-bond acceptors (Lipinski definition) is 3. The van der Waals surface area contributed by atoms with Gasteiger partial charge < -0.3 is 15.2 Å². The molecule has 0 amide bonds. The Labute approximate surface area is 133 Å². The van der Waals surface area contributed by atoms with E-state index in [1.807, 2.05) is 0 Å². The van der Waals surface area contributed by atoms with Gasteiger partial charge in [0.2, 0.25) is 0 Å². The van der Waals surface area contributed by atoms with Crippen molar-refractivity contribution in [3.63, 3.8) is 0 Å². The molecule has 1 spiro atoms. The van der Waals surface area contributed by atoms with Crippen LogP contribution in [0.2, 0.25) is 0 Å². The van der Waals surface area contributed by atoms with E-state index in [9.17, 15) is 5.11 Å². The van der Waals surface area contributed by atoms with Crippen molar-refractivity contribution in [3.8, 4) is 5.75 Å². The molecule has 1 aromatic rings. The van der Waals surface area contributed by atoms with Crippen molar-refractivity contribution in [2.45, 2.75) is 69.1 Å². The highest BCUT2D eigenvalue weighted by Gasteiger charge is 2.45. The minimum absolute atomic E-state index is 0.0829. The van der Waals surface area contributed by atoms with Gasteiger partial charge in [0.05, 0.1) is 6.10 Å². The highest BCUT2D eigenvalue weighted by atomic mass is 16.5. The minimum atomic E-state index is -0.0829. The third-order valence-electron chi connectivity index (χ3n) is 5.87. The summed E-state index contributed by atoms with van der Waals surface area (Å²) in [5.41, 5.74) is 1.41. The Morgan fingerprint density at radius 3 is 2.82 bits per heavy atom. The molecule has 1 aliphatic heterocycles. The molecule has 1 aromatic carbocycles. The first-order valence-corrected chi connectivity index (χ1v) is 8.93. The molecule has 0 bridgehead atoms. The molecule has 2 aliphatic carbocycles. The second kappa shape index (κ2) is 5.86. The lowest BCUT2D eigenvalue weighted by Gasteiger charge is -2.48. The maximum atomic E-state index is 9.86. The van der Waals surface area contributed by atoms with Crippen LogP contribution in [0.3, 0.4) is 0 Å². The summed E-state index contributed by atoms with van der Waals surface area (Å²) in [6, 6.07) is 8.91. The van der Waals surface area contributed by atoms with Gasteiger partial charge in [0.1, 0.15) is 11.4 Å². The number of rotatable bonds is 3. The molecule has 2 saturated carbocycles. The number of aliphatic hydroxyl groups is 1. The van der Waals surface area contributed by atoms with E-state index >= 15 is 0 Å². The Bertz CT molecular complexity index is 526. The molecule has 1 heterocycles. The normalized spacial score (nSPS) is 32.9. The fourth-order valence-corrected chi connectivity index (χ4v) is 4.43. The molecule has 22 heavy (non-hydrogen) atoms. The number of nitrogens with one attached hydrogen (secondary N) is 1. The Balaban J connectivity index is 1.46. The van der Waals surface area contributed by atoms with Gasteiger partial charge >= 0.3 is 0 Å². The SMILES string of the molecule is OC1CCCC(CNC2CC3(CCC3)Oc3ccccc32)C1. The maximum Gasteiger partial charge on any atom is 0.124 e. The lowest BCUT2D eigenvalue weighted by Crippen LogP contribution is -2.49. The van der Waals surface area contributed by atoms with Crippen LogP contribution >= 0.6 is 0 Å². The van der Waals surface area contributed by atoms with Crippen molar-refractivity contribution in [3.05, 3.63) is 29.8 Å². The fourth-order valence-electron chi connectivity index (χ4n) is 4.43. The second-order valence-corrected chi connectivity index (χ2v) is 7.53. The van der Waals surface area contributed by atoms with Crippen LogP contribution in [-0.4, -0.2) is 23.4 Å². The number of hydrogen-bond donors (Lipinski definition) is 2. The molecule has 3 unspecified atom stereocenters. The van der Waals surface area contributed by atoms with Crippen molar-refractivity contribution in [1.29, 1.82) is 0 Å². The third-order valence-corrected chi connectivity index (χ3v) is 5.87. The van der Waals surface area contributed by atoms with Crippen LogP contribution in [0.15, 0.2) is 24.3 Å². The lowest BCUT2D eigenvalue weighted by molar-refractivity contribution is -0.0376. The summed E-state index contributed by atoms with van der Waals surface area (Å²) < 4.78 is 6.31. The first kappa shape index (κ1) is 14.5. The lowest BCUT2D eigenvalue weighted by atomic mass is 9.73. The predicted molar refractivity (Wildman–Crippen MR) is 87.0 cm³/mol. The molecule has 3 heteroatoms. The van der Waals surface area contributed by atoms with E-state index in [2.05, 4.69) is 29.6 Å². The number of fused-ring (bicyclic) bond motifs is 1. The monoisotopic (exact) mass is 301 g/mol. The largest absolute Gasteiger partial charge is 0.487 e. The smallest absolute Gasteiger partial charge is 0.124 e. The first-order chi connectivity index (χ1) is 10.7. The highest BCUT2D eigenvalue weighted by molar-refractivity contribution is 5.39. The molecule has 0 radical (unpaired) electrons. The second-order valence-electron chi connectivity index (χ2n) is 7.53. The molecular formula is C19H27NO2. The number of para-hydroxylation sites is 1. The third kappa shape index (κ3) is 2.77. The van der Waals surface area contributed by atoms with Crippen LogP contribution in [0, 0.1) is 5.92 Å². The summed E-state index contributed by atoms with van der Waals surface area (Å²) in [6.07, 6.45) is 9.07. The van der Waals surface area contributed by atoms with Crippen molar-refractivity contribution in [2.75, 3.05) is 6.54 Å². The number of aliphatic hydroxyl groups excluding tert-OH is 1. The molecule has 0 saturated heterocycles. The van der Waals surface area contributed by atoms with Crippen molar-refractivity contribution < 1.29 is 9.84 Å². The zero-order chi connectivity index (χ0) is 15.0. The van der Waals surface area contributed by atoms with Crippen molar-refractivity contribution in [1.82, 2.24) is 5.32 Å². The summed E-state index contributed by atoms with van der Waals surface area (Å²) in [5, 5.41) is 13.7. The van der Waals surface area contributed by atoms with Crippen LogP contribution in [0.4, 0.5) is 0 Å². The minimum Gasteiger partial charge on any atom is -0.487 e.